The number of thiophene rings is 2. The number of rotatable bonds is 3. The van der Waals surface area contributed by atoms with Gasteiger partial charge in [0, 0.05) is 52.3 Å². The van der Waals surface area contributed by atoms with E-state index in [4.69, 9.17) is 26.6 Å². The van der Waals surface area contributed by atoms with E-state index in [1.165, 1.54) is 30.3 Å². The molecule has 9 rings (SSSR count). The van der Waals surface area contributed by atoms with Crippen molar-refractivity contribution in [3.63, 3.8) is 0 Å². The molecule has 0 fully saturated rings. The molecule has 43 heavy (non-hydrogen) atoms. The zero-order valence-electron chi connectivity index (χ0n) is 22.6. The second-order valence-corrected chi connectivity index (χ2v) is 13.1. The Balaban J connectivity index is 1.31. The molecule has 202 valence electrons. The Kier molecular flexibility index (Phi) is 5.60. The number of hydrogen-bond acceptors (Lipinski definition) is 5. The zero-order chi connectivity index (χ0) is 28.5. The summed E-state index contributed by atoms with van der Waals surface area (Å²) in [5.41, 5.74) is 2.79. The van der Waals surface area contributed by atoms with Crippen molar-refractivity contribution >= 4 is 85.4 Å². The molecule has 0 radical (unpaired) electrons. The molecule has 3 heterocycles. The van der Waals surface area contributed by atoms with Crippen LogP contribution in [0.4, 0.5) is 0 Å². The van der Waals surface area contributed by atoms with Crippen LogP contribution in [0.5, 0.6) is 0 Å². The Labute approximate surface area is 259 Å². The van der Waals surface area contributed by atoms with E-state index in [9.17, 15) is 0 Å². The van der Waals surface area contributed by atoms with E-state index in [2.05, 4.69) is 115 Å². The van der Waals surface area contributed by atoms with Gasteiger partial charge in [-0.25, -0.2) is 15.0 Å². The lowest BCUT2D eigenvalue weighted by molar-refractivity contribution is 1.08. The lowest BCUT2D eigenvalue weighted by Gasteiger charge is -2.11. The van der Waals surface area contributed by atoms with E-state index in [0.29, 0.717) is 22.5 Å². The van der Waals surface area contributed by atoms with Gasteiger partial charge in [0.15, 0.2) is 17.5 Å². The first kappa shape index (κ1) is 24.9. The molecule has 9 aromatic rings. The van der Waals surface area contributed by atoms with Crippen LogP contribution in [-0.4, -0.2) is 15.0 Å². The fraction of sp³-hybridized carbons (Fsp3) is 0. The Hall–Kier alpha value is -4.68. The van der Waals surface area contributed by atoms with Crippen LogP contribution in [0.15, 0.2) is 121 Å². The van der Waals surface area contributed by atoms with Crippen molar-refractivity contribution in [3.8, 4) is 34.2 Å². The highest BCUT2D eigenvalue weighted by atomic mass is 35.5. The predicted octanol–water partition coefficient (Wildman–Crippen LogP) is 11.4. The van der Waals surface area contributed by atoms with Gasteiger partial charge in [-0.2, -0.15) is 0 Å². The molecular weight excluding hydrogens is 586 g/mol. The Morgan fingerprint density at radius 3 is 1.88 bits per heavy atom. The standard InChI is InChI=1S/C37H20ClN3S2/c38-30-20-23(19-29-26-12-4-6-15-32(26)43-34(29)30)36-39-35(22-16-17-33-28(18-22)25-11-3-5-14-31(25)42-33)40-37(41-36)27-13-7-9-21-8-1-2-10-24(21)27/h1-20H. The Morgan fingerprint density at radius 2 is 1.05 bits per heavy atom. The third kappa shape index (κ3) is 4.04. The van der Waals surface area contributed by atoms with Crippen LogP contribution in [0, 0.1) is 0 Å². The van der Waals surface area contributed by atoms with Crippen LogP contribution in [0.1, 0.15) is 0 Å². The molecule has 0 bridgehead atoms. The molecule has 6 aromatic carbocycles. The van der Waals surface area contributed by atoms with Crippen LogP contribution in [-0.2, 0) is 0 Å². The van der Waals surface area contributed by atoms with Gasteiger partial charge in [0.1, 0.15) is 0 Å². The van der Waals surface area contributed by atoms with E-state index in [1.54, 1.807) is 22.7 Å². The molecule has 0 aliphatic heterocycles. The monoisotopic (exact) mass is 605 g/mol. The van der Waals surface area contributed by atoms with Gasteiger partial charge < -0.3 is 0 Å². The molecule has 0 saturated heterocycles. The lowest BCUT2D eigenvalue weighted by atomic mass is 10.0. The van der Waals surface area contributed by atoms with Crippen molar-refractivity contribution in [2.75, 3.05) is 0 Å². The molecule has 6 heteroatoms. The average Bonchev–Trinajstić information content (AvgIpc) is 3.63. The highest BCUT2D eigenvalue weighted by Crippen LogP contribution is 2.41. The van der Waals surface area contributed by atoms with Crippen molar-refractivity contribution in [2.24, 2.45) is 0 Å². The maximum Gasteiger partial charge on any atom is 0.164 e. The third-order valence-electron chi connectivity index (χ3n) is 7.99. The maximum atomic E-state index is 6.92. The van der Waals surface area contributed by atoms with Gasteiger partial charge in [0.25, 0.3) is 0 Å². The Bertz CT molecular complexity index is 2540. The minimum absolute atomic E-state index is 0.599. The summed E-state index contributed by atoms with van der Waals surface area (Å²) in [6.07, 6.45) is 0. The fourth-order valence-corrected chi connectivity index (χ4v) is 8.47. The molecule has 0 aliphatic carbocycles. The van der Waals surface area contributed by atoms with Crippen LogP contribution >= 0.6 is 34.3 Å². The third-order valence-corrected chi connectivity index (χ3v) is 10.8. The molecule has 3 nitrogen and oxygen atoms in total. The fourth-order valence-electron chi connectivity index (χ4n) is 5.95. The van der Waals surface area contributed by atoms with E-state index >= 15 is 0 Å². The summed E-state index contributed by atoms with van der Waals surface area (Å²) in [4.78, 5) is 15.3. The molecule has 0 unspecified atom stereocenters. The first-order chi connectivity index (χ1) is 21.2. The van der Waals surface area contributed by atoms with Crippen LogP contribution < -0.4 is 0 Å². The summed E-state index contributed by atoms with van der Waals surface area (Å²) < 4.78 is 4.80. The SMILES string of the molecule is Clc1cc(-c2nc(-c3ccc4sc5ccccc5c4c3)nc(-c3cccc4ccccc34)n2)cc2c1sc1ccccc12. The zero-order valence-corrected chi connectivity index (χ0v) is 25.0. The number of nitrogens with zero attached hydrogens (tertiary/aromatic N) is 3. The highest BCUT2D eigenvalue weighted by molar-refractivity contribution is 7.26. The Morgan fingerprint density at radius 1 is 0.442 bits per heavy atom. The van der Waals surface area contributed by atoms with Gasteiger partial charge in [0.05, 0.1) is 9.72 Å². The number of fused-ring (bicyclic) bond motifs is 7. The van der Waals surface area contributed by atoms with Crippen molar-refractivity contribution in [2.45, 2.75) is 0 Å². The van der Waals surface area contributed by atoms with Gasteiger partial charge in [-0.1, -0.05) is 90.5 Å². The summed E-state index contributed by atoms with van der Waals surface area (Å²) >= 11 is 10.4. The molecular formula is C37H20ClN3S2. The quantitative estimate of drug-likeness (QED) is 0.201. The largest absolute Gasteiger partial charge is 0.208 e. The van der Waals surface area contributed by atoms with E-state index < -0.39 is 0 Å². The van der Waals surface area contributed by atoms with Gasteiger partial charge in [0.2, 0.25) is 0 Å². The first-order valence-electron chi connectivity index (χ1n) is 14.0. The molecule has 3 aromatic heterocycles. The summed E-state index contributed by atoms with van der Waals surface area (Å²) in [7, 11) is 0. The number of hydrogen-bond donors (Lipinski definition) is 0. The molecule has 0 spiro atoms. The minimum atomic E-state index is 0.599. The van der Waals surface area contributed by atoms with Crippen molar-refractivity contribution in [1.29, 1.82) is 0 Å². The molecule has 0 saturated carbocycles. The first-order valence-corrected chi connectivity index (χ1v) is 16.0. The average molecular weight is 606 g/mol. The second-order valence-electron chi connectivity index (χ2n) is 10.6. The number of benzene rings is 6. The second kappa shape index (κ2) is 9.68. The molecule has 0 N–H and O–H groups in total. The molecule has 0 atom stereocenters. The predicted molar refractivity (Wildman–Crippen MR) is 184 cm³/mol. The van der Waals surface area contributed by atoms with Gasteiger partial charge >= 0.3 is 0 Å². The normalized spacial score (nSPS) is 11.8. The van der Waals surface area contributed by atoms with Crippen molar-refractivity contribution in [1.82, 2.24) is 15.0 Å². The summed E-state index contributed by atoms with van der Waals surface area (Å²) in [5.74, 6) is 1.87. The van der Waals surface area contributed by atoms with E-state index in [1.807, 2.05) is 6.07 Å². The topological polar surface area (TPSA) is 38.7 Å². The number of halogens is 1. The van der Waals surface area contributed by atoms with Gasteiger partial charge in [-0.15, -0.1) is 22.7 Å². The van der Waals surface area contributed by atoms with Crippen LogP contribution in [0.3, 0.4) is 0 Å². The molecule has 0 aliphatic rings. The van der Waals surface area contributed by atoms with E-state index in [-0.39, 0.29) is 0 Å². The van der Waals surface area contributed by atoms with E-state index in [0.717, 1.165) is 37.5 Å². The summed E-state index contributed by atoms with van der Waals surface area (Å²) in [6.45, 7) is 0. The van der Waals surface area contributed by atoms with Crippen LogP contribution in [0.25, 0.3) is 85.3 Å². The van der Waals surface area contributed by atoms with Crippen LogP contribution in [0.2, 0.25) is 5.02 Å². The smallest absolute Gasteiger partial charge is 0.164 e. The van der Waals surface area contributed by atoms with Crippen molar-refractivity contribution < 1.29 is 0 Å². The summed E-state index contributed by atoms with van der Waals surface area (Å²) in [5, 5.41) is 7.70. The van der Waals surface area contributed by atoms with Gasteiger partial charge in [-0.3, -0.25) is 0 Å². The highest BCUT2D eigenvalue weighted by Gasteiger charge is 2.18. The number of aromatic nitrogens is 3. The maximum absolute atomic E-state index is 6.92. The summed E-state index contributed by atoms with van der Waals surface area (Å²) in [6, 6.07) is 42.2. The molecule has 0 amide bonds. The van der Waals surface area contributed by atoms with Gasteiger partial charge in [-0.05, 0) is 53.2 Å². The minimum Gasteiger partial charge on any atom is -0.208 e. The van der Waals surface area contributed by atoms with Crippen molar-refractivity contribution in [3.05, 3.63) is 126 Å². The lowest BCUT2D eigenvalue weighted by Crippen LogP contribution is -2.00.